The highest BCUT2D eigenvalue weighted by Crippen LogP contribution is 2.20. The summed E-state index contributed by atoms with van der Waals surface area (Å²) >= 11 is 0. The largest absolute Gasteiger partial charge is 0.424 e. The molecule has 3 aromatic rings. The summed E-state index contributed by atoms with van der Waals surface area (Å²) in [6.07, 6.45) is 0.411. The van der Waals surface area contributed by atoms with Gasteiger partial charge in [0.25, 0.3) is 0 Å². The number of aryl methyl sites for hydroxylation is 1. The Hall–Kier alpha value is -2.51. The number of hydrogen-bond donors (Lipinski definition) is 1. The SMILES string of the molecule is Cc1nnc(C(Cc2ccccc2)NS(=O)(=O)c2ccccc2)o1. The van der Waals surface area contributed by atoms with Crippen LogP contribution in [0.25, 0.3) is 0 Å². The van der Waals surface area contributed by atoms with Crippen LogP contribution >= 0.6 is 0 Å². The van der Waals surface area contributed by atoms with E-state index in [1.807, 2.05) is 30.3 Å². The van der Waals surface area contributed by atoms with Crippen LogP contribution in [0.5, 0.6) is 0 Å². The molecule has 0 amide bonds. The van der Waals surface area contributed by atoms with Crippen molar-refractivity contribution in [2.24, 2.45) is 0 Å². The van der Waals surface area contributed by atoms with Crippen LogP contribution in [-0.4, -0.2) is 18.6 Å². The van der Waals surface area contributed by atoms with Crippen molar-refractivity contribution < 1.29 is 12.8 Å². The van der Waals surface area contributed by atoms with Crippen LogP contribution in [0, 0.1) is 6.92 Å². The fraction of sp³-hybridized carbons (Fsp3) is 0.176. The average Bonchev–Trinajstić information content (AvgIpc) is 3.02. The number of rotatable bonds is 6. The van der Waals surface area contributed by atoms with Gasteiger partial charge in [0.1, 0.15) is 6.04 Å². The second-order valence-electron chi connectivity index (χ2n) is 5.34. The maximum Gasteiger partial charge on any atom is 0.241 e. The zero-order valence-corrected chi connectivity index (χ0v) is 13.9. The Labute approximate surface area is 140 Å². The summed E-state index contributed by atoms with van der Waals surface area (Å²) in [7, 11) is -3.70. The Morgan fingerprint density at radius 3 is 2.21 bits per heavy atom. The molecule has 0 aliphatic carbocycles. The van der Waals surface area contributed by atoms with Crippen LogP contribution in [0.2, 0.25) is 0 Å². The Morgan fingerprint density at radius 1 is 1.00 bits per heavy atom. The number of sulfonamides is 1. The fourth-order valence-electron chi connectivity index (χ4n) is 2.34. The third kappa shape index (κ3) is 3.87. The van der Waals surface area contributed by atoms with E-state index in [9.17, 15) is 8.42 Å². The van der Waals surface area contributed by atoms with Gasteiger partial charge in [-0.15, -0.1) is 10.2 Å². The first-order valence-corrected chi connectivity index (χ1v) is 8.94. The van der Waals surface area contributed by atoms with Gasteiger partial charge >= 0.3 is 0 Å². The Bertz CT molecular complexity index is 893. The predicted molar refractivity (Wildman–Crippen MR) is 88.7 cm³/mol. The lowest BCUT2D eigenvalue weighted by Gasteiger charge is -2.15. The van der Waals surface area contributed by atoms with Gasteiger partial charge in [-0.1, -0.05) is 48.5 Å². The molecule has 3 rings (SSSR count). The van der Waals surface area contributed by atoms with E-state index in [4.69, 9.17) is 4.42 Å². The standard InChI is InChI=1S/C17H17N3O3S/c1-13-18-19-17(23-13)16(12-14-8-4-2-5-9-14)20-24(21,22)15-10-6-3-7-11-15/h2-11,16,20H,12H2,1H3. The van der Waals surface area contributed by atoms with Gasteiger partial charge in [0, 0.05) is 6.92 Å². The molecule has 1 aromatic heterocycles. The summed E-state index contributed by atoms with van der Waals surface area (Å²) < 4.78 is 33.3. The molecule has 124 valence electrons. The fourth-order valence-corrected chi connectivity index (χ4v) is 3.55. The molecule has 0 fully saturated rings. The first kappa shape index (κ1) is 16.4. The highest BCUT2D eigenvalue weighted by Gasteiger charge is 2.25. The van der Waals surface area contributed by atoms with Crippen molar-refractivity contribution >= 4 is 10.0 Å². The van der Waals surface area contributed by atoms with Crippen LogP contribution in [0.1, 0.15) is 23.4 Å². The van der Waals surface area contributed by atoms with Crippen molar-refractivity contribution in [1.82, 2.24) is 14.9 Å². The summed E-state index contributed by atoms with van der Waals surface area (Å²) in [6.45, 7) is 1.67. The van der Waals surface area contributed by atoms with E-state index in [-0.39, 0.29) is 10.8 Å². The third-order valence-electron chi connectivity index (χ3n) is 3.47. The molecule has 0 saturated heterocycles. The Morgan fingerprint density at radius 2 is 1.62 bits per heavy atom. The van der Waals surface area contributed by atoms with Crippen molar-refractivity contribution in [1.29, 1.82) is 0 Å². The molecule has 0 bridgehead atoms. The maximum atomic E-state index is 12.6. The number of hydrogen-bond acceptors (Lipinski definition) is 5. The van der Waals surface area contributed by atoms with Gasteiger partial charge in [0.2, 0.25) is 21.8 Å². The smallest absolute Gasteiger partial charge is 0.241 e. The van der Waals surface area contributed by atoms with E-state index in [0.29, 0.717) is 12.3 Å². The number of nitrogens with zero attached hydrogens (tertiary/aromatic N) is 2. The molecule has 1 atom stereocenters. The molecule has 24 heavy (non-hydrogen) atoms. The van der Waals surface area contributed by atoms with Crippen LogP contribution in [-0.2, 0) is 16.4 Å². The average molecular weight is 343 g/mol. The second kappa shape index (κ2) is 6.94. The molecule has 1 heterocycles. The van der Waals surface area contributed by atoms with Crippen molar-refractivity contribution in [2.75, 3.05) is 0 Å². The first-order chi connectivity index (χ1) is 11.5. The topological polar surface area (TPSA) is 85.1 Å². The molecule has 0 radical (unpaired) electrons. The lowest BCUT2D eigenvalue weighted by Crippen LogP contribution is -2.30. The van der Waals surface area contributed by atoms with Gasteiger partial charge in [-0.25, -0.2) is 8.42 Å². The molecule has 0 spiro atoms. The molecule has 0 saturated carbocycles. The van der Waals surface area contributed by atoms with Gasteiger partial charge < -0.3 is 4.42 Å². The number of aromatic nitrogens is 2. The third-order valence-corrected chi connectivity index (χ3v) is 4.96. The minimum atomic E-state index is -3.70. The minimum Gasteiger partial charge on any atom is -0.424 e. The second-order valence-corrected chi connectivity index (χ2v) is 7.05. The summed E-state index contributed by atoms with van der Waals surface area (Å²) in [5, 5.41) is 7.78. The van der Waals surface area contributed by atoms with Crippen molar-refractivity contribution in [3.63, 3.8) is 0 Å². The molecule has 7 heteroatoms. The van der Waals surface area contributed by atoms with Gasteiger partial charge in [0.05, 0.1) is 4.90 Å². The zero-order chi connectivity index (χ0) is 17.0. The van der Waals surface area contributed by atoms with Crippen molar-refractivity contribution in [3.05, 3.63) is 78.0 Å². The van der Waals surface area contributed by atoms with E-state index in [2.05, 4.69) is 14.9 Å². The summed E-state index contributed by atoms with van der Waals surface area (Å²) in [5.41, 5.74) is 0.967. The van der Waals surface area contributed by atoms with Gasteiger partial charge in [0.15, 0.2) is 0 Å². The lowest BCUT2D eigenvalue weighted by molar-refractivity contribution is 0.411. The summed E-state index contributed by atoms with van der Waals surface area (Å²) in [4.78, 5) is 0.194. The Kier molecular flexibility index (Phi) is 4.73. The van der Waals surface area contributed by atoms with E-state index in [0.717, 1.165) is 5.56 Å². The highest BCUT2D eigenvalue weighted by molar-refractivity contribution is 7.89. The van der Waals surface area contributed by atoms with Gasteiger partial charge in [-0.2, -0.15) is 4.72 Å². The van der Waals surface area contributed by atoms with Crippen LogP contribution in [0.4, 0.5) is 0 Å². The van der Waals surface area contributed by atoms with Gasteiger partial charge in [-0.3, -0.25) is 0 Å². The minimum absolute atomic E-state index is 0.194. The molecular weight excluding hydrogens is 326 g/mol. The molecule has 1 N–H and O–H groups in total. The van der Waals surface area contributed by atoms with E-state index in [1.54, 1.807) is 37.3 Å². The molecule has 6 nitrogen and oxygen atoms in total. The number of nitrogens with one attached hydrogen (secondary N) is 1. The maximum absolute atomic E-state index is 12.6. The first-order valence-electron chi connectivity index (χ1n) is 7.46. The molecule has 0 aliphatic rings. The van der Waals surface area contributed by atoms with E-state index in [1.165, 1.54) is 0 Å². The lowest BCUT2D eigenvalue weighted by atomic mass is 10.1. The normalized spacial score (nSPS) is 12.9. The molecule has 0 aliphatic heterocycles. The predicted octanol–water partition coefficient (Wildman–Crippen LogP) is 2.64. The number of benzene rings is 2. The molecule has 2 aromatic carbocycles. The quantitative estimate of drug-likeness (QED) is 0.744. The Balaban J connectivity index is 1.90. The van der Waals surface area contributed by atoms with Crippen molar-refractivity contribution in [2.45, 2.75) is 24.3 Å². The van der Waals surface area contributed by atoms with Gasteiger partial charge in [-0.05, 0) is 24.1 Å². The van der Waals surface area contributed by atoms with Crippen molar-refractivity contribution in [3.8, 4) is 0 Å². The van der Waals surface area contributed by atoms with Crippen LogP contribution in [0.3, 0.4) is 0 Å². The van der Waals surface area contributed by atoms with E-state index >= 15 is 0 Å². The van der Waals surface area contributed by atoms with Crippen LogP contribution in [0.15, 0.2) is 70.0 Å². The summed E-state index contributed by atoms with van der Waals surface area (Å²) in [5.74, 6) is 0.637. The monoisotopic (exact) mass is 343 g/mol. The van der Waals surface area contributed by atoms with E-state index < -0.39 is 16.1 Å². The summed E-state index contributed by atoms with van der Waals surface area (Å²) in [6, 6.07) is 17.1. The zero-order valence-electron chi connectivity index (χ0n) is 13.1. The van der Waals surface area contributed by atoms with Crippen LogP contribution < -0.4 is 4.72 Å². The molecular formula is C17H17N3O3S. The highest BCUT2D eigenvalue weighted by atomic mass is 32.2. The molecule has 1 unspecified atom stereocenters.